The van der Waals surface area contributed by atoms with E-state index in [9.17, 15) is 5.11 Å². The first kappa shape index (κ1) is 18.7. The second kappa shape index (κ2) is 8.07. The third-order valence-electron chi connectivity index (χ3n) is 4.55. The number of hydrogen-bond acceptors (Lipinski definition) is 7. The van der Waals surface area contributed by atoms with E-state index in [1.807, 2.05) is 29.5 Å². The summed E-state index contributed by atoms with van der Waals surface area (Å²) in [6.45, 7) is 1.26. The lowest BCUT2D eigenvalue weighted by atomic mass is 9.98. The van der Waals surface area contributed by atoms with Crippen LogP contribution in [0.25, 0.3) is 5.57 Å². The van der Waals surface area contributed by atoms with Crippen LogP contribution in [0.1, 0.15) is 23.2 Å². The van der Waals surface area contributed by atoms with E-state index in [0.717, 1.165) is 17.7 Å². The van der Waals surface area contributed by atoms with Crippen molar-refractivity contribution >= 4 is 29.0 Å². The Bertz CT molecular complexity index is 893. The second-order valence-electron chi connectivity index (χ2n) is 6.43. The molecule has 1 fully saturated rings. The Hall–Kier alpha value is -3.10. The molecule has 2 aromatic rings. The normalized spacial score (nSPS) is 17.2. The minimum absolute atomic E-state index is 0.197. The van der Waals surface area contributed by atoms with Crippen LogP contribution in [0, 0.1) is 10.8 Å². The van der Waals surface area contributed by atoms with Gasteiger partial charge in [-0.2, -0.15) is 0 Å². The van der Waals surface area contributed by atoms with Crippen LogP contribution in [0.4, 0.5) is 11.5 Å². The standard InChI is InChI=1S/C19H23N7O/c1-23-9-13(8-20)12-2-3-16(21)15(6-12)19(22)17-7-18(25-11-24-17)26-5-4-14(27)10-26/h2-3,6-9,11,14,20,22-23,27H,4-5,10,21H2,1H3/p+1/b13-9+,20-8?,22-19?/t14-/m1/s1. The highest BCUT2D eigenvalue weighted by atomic mass is 16.3. The van der Waals surface area contributed by atoms with Crippen molar-refractivity contribution in [2.75, 3.05) is 30.8 Å². The summed E-state index contributed by atoms with van der Waals surface area (Å²) in [7, 11) is 1.89. The summed E-state index contributed by atoms with van der Waals surface area (Å²) in [4.78, 5) is 10.5. The Morgan fingerprint density at radius 2 is 2.19 bits per heavy atom. The van der Waals surface area contributed by atoms with E-state index in [1.54, 1.807) is 18.2 Å². The largest absolute Gasteiger partial charge is 0.398 e. The quantitative estimate of drug-likeness (QED) is 0.368. The summed E-state index contributed by atoms with van der Waals surface area (Å²) in [5, 5.41) is 27.8. The molecule has 0 amide bonds. The zero-order valence-electron chi connectivity index (χ0n) is 15.2. The number of allylic oxidation sites excluding steroid dienone is 1. The topological polar surface area (TPSA) is 140 Å². The molecule has 0 aliphatic carbocycles. The number of nitrogens with zero attached hydrogens (tertiary/aromatic N) is 3. The maximum Gasteiger partial charge on any atom is 0.132 e. The number of nitrogens with two attached hydrogens (primary N) is 2. The third-order valence-corrected chi connectivity index (χ3v) is 4.55. The van der Waals surface area contributed by atoms with Crippen molar-refractivity contribution in [2.24, 2.45) is 0 Å². The van der Waals surface area contributed by atoms with Crippen molar-refractivity contribution < 1.29 is 10.4 Å². The molecule has 27 heavy (non-hydrogen) atoms. The van der Waals surface area contributed by atoms with E-state index in [0.29, 0.717) is 35.7 Å². The highest BCUT2D eigenvalue weighted by molar-refractivity contribution is 6.15. The van der Waals surface area contributed by atoms with Crippen molar-refractivity contribution in [3.05, 3.63) is 53.6 Å². The lowest BCUT2D eigenvalue weighted by Gasteiger charge is -2.17. The molecule has 0 spiro atoms. The molecule has 3 rings (SSSR count). The lowest BCUT2D eigenvalue weighted by molar-refractivity contribution is -0.555. The van der Waals surface area contributed by atoms with Gasteiger partial charge in [0.05, 0.1) is 30.1 Å². The number of anilines is 2. The van der Waals surface area contributed by atoms with E-state index in [2.05, 4.69) is 9.97 Å². The molecule has 0 saturated carbocycles. The Labute approximate surface area is 157 Å². The number of aromatic nitrogens is 2. The van der Waals surface area contributed by atoms with Crippen LogP contribution in [0.3, 0.4) is 0 Å². The molecule has 0 bridgehead atoms. The van der Waals surface area contributed by atoms with Gasteiger partial charge in [0, 0.05) is 36.6 Å². The van der Waals surface area contributed by atoms with Crippen LogP contribution in [-0.4, -0.2) is 53.2 Å². The molecular formula is C19H24N7O+. The summed E-state index contributed by atoms with van der Waals surface area (Å²) in [6, 6.07) is 7.13. The minimum atomic E-state index is -0.350. The predicted molar refractivity (Wildman–Crippen MR) is 106 cm³/mol. The molecule has 1 saturated heterocycles. The highest BCUT2D eigenvalue weighted by Gasteiger charge is 2.22. The average molecular weight is 366 g/mol. The number of benzene rings is 1. The summed E-state index contributed by atoms with van der Waals surface area (Å²) >= 11 is 0. The Balaban J connectivity index is 1.94. The molecule has 1 aromatic carbocycles. The number of aliphatic hydroxyl groups is 1. The van der Waals surface area contributed by atoms with Crippen molar-refractivity contribution in [3.63, 3.8) is 0 Å². The molecule has 0 unspecified atom stereocenters. The fraction of sp³-hybridized carbons (Fsp3) is 0.263. The van der Waals surface area contributed by atoms with Gasteiger partial charge in [-0.15, -0.1) is 0 Å². The minimum Gasteiger partial charge on any atom is -0.398 e. The average Bonchev–Trinajstić information content (AvgIpc) is 3.12. The number of hydrogen-bond donors (Lipinski definition) is 5. The van der Waals surface area contributed by atoms with Crippen molar-refractivity contribution in [3.8, 4) is 0 Å². The molecule has 140 valence electrons. The smallest absolute Gasteiger partial charge is 0.132 e. The number of quaternary nitrogens is 1. The Morgan fingerprint density at radius 3 is 2.85 bits per heavy atom. The Morgan fingerprint density at radius 1 is 1.37 bits per heavy atom. The number of β-amino-alcohol motifs (C(OH)–C–C–N with tert-alkyl or cyclic N) is 1. The zero-order valence-corrected chi connectivity index (χ0v) is 15.2. The van der Waals surface area contributed by atoms with Crippen LogP contribution in [0.2, 0.25) is 0 Å². The van der Waals surface area contributed by atoms with Crippen LogP contribution in [0.15, 0.2) is 36.8 Å². The number of nitrogens with one attached hydrogen (secondary N) is 2. The molecule has 1 atom stereocenters. The zero-order chi connectivity index (χ0) is 19.4. The van der Waals surface area contributed by atoms with E-state index in [-0.39, 0.29) is 11.8 Å². The first-order valence-corrected chi connectivity index (χ1v) is 8.78. The van der Waals surface area contributed by atoms with Gasteiger partial charge >= 0.3 is 0 Å². The molecule has 7 N–H and O–H groups in total. The first-order chi connectivity index (χ1) is 13.0. The molecular weight excluding hydrogens is 342 g/mol. The van der Waals surface area contributed by atoms with Gasteiger partial charge in [0.25, 0.3) is 0 Å². The maximum atomic E-state index is 9.73. The molecule has 0 radical (unpaired) electrons. The van der Waals surface area contributed by atoms with Gasteiger partial charge in [-0.1, -0.05) is 6.07 Å². The third kappa shape index (κ3) is 4.02. The van der Waals surface area contributed by atoms with E-state index < -0.39 is 0 Å². The molecule has 2 heterocycles. The molecule has 1 aliphatic rings. The van der Waals surface area contributed by atoms with E-state index in [4.69, 9.17) is 16.6 Å². The Kier molecular flexibility index (Phi) is 5.58. The highest BCUT2D eigenvalue weighted by Crippen LogP contribution is 2.23. The van der Waals surface area contributed by atoms with Gasteiger partial charge in [0.15, 0.2) is 0 Å². The van der Waals surface area contributed by atoms with Crippen molar-refractivity contribution in [2.45, 2.75) is 12.5 Å². The van der Waals surface area contributed by atoms with Crippen molar-refractivity contribution in [1.82, 2.24) is 9.97 Å². The summed E-state index contributed by atoms with van der Waals surface area (Å²) in [5.74, 6) is 0.691. The van der Waals surface area contributed by atoms with Gasteiger partial charge in [0.2, 0.25) is 0 Å². The lowest BCUT2D eigenvalue weighted by Crippen LogP contribution is -2.72. The van der Waals surface area contributed by atoms with Gasteiger partial charge < -0.3 is 26.5 Å². The van der Waals surface area contributed by atoms with Gasteiger partial charge in [-0.25, -0.2) is 9.97 Å². The van der Waals surface area contributed by atoms with E-state index in [1.165, 1.54) is 12.5 Å². The van der Waals surface area contributed by atoms with Crippen LogP contribution < -0.4 is 16.0 Å². The van der Waals surface area contributed by atoms with Crippen LogP contribution >= 0.6 is 0 Å². The molecule has 1 aromatic heterocycles. The molecule has 1 aliphatic heterocycles. The number of rotatable bonds is 6. The predicted octanol–water partition coefficient (Wildman–Crippen LogP) is 0.230. The van der Waals surface area contributed by atoms with Crippen LogP contribution in [0.5, 0.6) is 0 Å². The van der Waals surface area contributed by atoms with Gasteiger partial charge in [-0.05, 0) is 24.1 Å². The SMILES string of the molecule is C[NH2+]/C=C(\C=N)c1ccc(N)c(C(=N)c2cc(N3CC[C@@H](O)C3)ncn2)c1. The van der Waals surface area contributed by atoms with Gasteiger partial charge in [-0.3, -0.25) is 5.41 Å². The first-order valence-electron chi connectivity index (χ1n) is 8.78. The summed E-state index contributed by atoms with van der Waals surface area (Å²) < 4.78 is 0. The fourth-order valence-corrected chi connectivity index (χ4v) is 3.10. The molecule has 8 nitrogen and oxygen atoms in total. The van der Waals surface area contributed by atoms with E-state index >= 15 is 0 Å². The summed E-state index contributed by atoms with van der Waals surface area (Å²) in [6.07, 6.45) is 4.91. The summed E-state index contributed by atoms with van der Waals surface area (Å²) in [5.41, 5.74) is 9.36. The monoisotopic (exact) mass is 366 g/mol. The number of nitrogen functional groups attached to an aromatic ring is 1. The number of aliphatic hydroxyl groups excluding tert-OH is 1. The van der Waals surface area contributed by atoms with Gasteiger partial charge in [0.1, 0.15) is 18.3 Å². The fourth-order valence-electron chi connectivity index (χ4n) is 3.10. The molecule has 8 heteroatoms. The van der Waals surface area contributed by atoms with Crippen molar-refractivity contribution in [1.29, 1.82) is 10.8 Å². The second-order valence-corrected chi connectivity index (χ2v) is 6.43. The van der Waals surface area contributed by atoms with Crippen LogP contribution in [-0.2, 0) is 0 Å². The maximum absolute atomic E-state index is 9.73.